The van der Waals surface area contributed by atoms with Crippen LogP contribution in [0.25, 0.3) is 0 Å². The molecule has 19 heavy (non-hydrogen) atoms. The highest BCUT2D eigenvalue weighted by Crippen LogP contribution is 2.24. The second-order valence-corrected chi connectivity index (χ2v) is 7.19. The summed E-state index contributed by atoms with van der Waals surface area (Å²) in [6, 6.07) is 0. The van der Waals surface area contributed by atoms with E-state index in [1.54, 1.807) is 0 Å². The van der Waals surface area contributed by atoms with Crippen LogP contribution in [0.5, 0.6) is 0 Å². The Morgan fingerprint density at radius 3 is 2.68 bits per heavy atom. The zero-order chi connectivity index (χ0) is 14.0. The lowest BCUT2D eigenvalue weighted by Crippen LogP contribution is -2.46. The summed E-state index contributed by atoms with van der Waals surface area (Å²) >= 11 is 2.11. The number of aliphatic hydroxyl groups excluding tert-OH is 1. The Morgan fingerprint density at radius 1 is 1.32 bits per heavy atom. The van der Waals surface area contributed by atoms with Crippen LogP contribution in [-0.4, -0.2) is 48.0 Å². The SMILES string of the molecule is CCCNC(C)(CO)CCCCSC1CCOCC1. The highest BCUT2D eigenvalue weighted by molar-refractivity contribution is 7.99. The van der Waals surface area contributed by atoms with Gasteiger partial charge in [-0.3, -0.25) is 0 Å². The monoisotopic (exact) mass is 289 g/mol. The first-order valence-electron chi connectivity index (χ1n) is 7.75. The molecule has 0 aromatic carbocycles. The van der Waals surface area contributed by atoms with Crippen molar-refractivity contribution in [3.8, 4) is 0 Å². The summed E-state index contributed by atoms with van der Waals surface area (Å²) in [4.78, 5) is 0. The predicted octanol–water partition coefficient (Wildman–Crippen LogP) is 2.82. The first kappa shape index (κ1) is 17.3. The molecule has 1 atom stereocenters. The van der Waals surface area contributed by atoms with Gasteiger partial charge in [-0.1, -0.05) is 13.3 Å². The average Bonchev–Trinajstić information content (AvgIpc) is 2.46. The third-order valence-electron chi connectivity index (χ3n) is 3.80. The first-order valence-corrected chi connectivity index (χ1v) is 8.80. The molecule has 2 N–H and O–H groups in total. The molecule has 4 heteroatoms. The van der Waals surface area contributed by atoms with Crippen LogP contribution >= 0.6 is 11.8 Å². The van der Waals surface area contributed by atoms with E-state index >= 15 is 0 Å². The summed E-state index contributed by atoms with van der Waals surface area (Å²) in [6.07, 6.45) is 7.08. The van der Waals surface area contributed by atoms with Crippen LogP contribution in [0.4, 0.5) is 0 Å². The number of hydrogen-bond acceptors (Lipinski definition) is 4. The highest BCUT2D eigenvalue weighted by Gasteiger charge is 2.21. The maximum atomic E-state index is 9.49. The third kappa shape index (κ3) is 7.54. The molecular formula is C15H31NO2S. The lowest BCUT2D eigenvalue weighted by atomic mass is 9.96. The van der Waals surface area contributed by atoms with Crippen LogP contribution in [0.15, 0.2) is 0 Å². The standard InChI is InChI=1S/C15H31NO2S/c1-3-9-16-15(2,13-17)8-4-5-12-19-14-6-10-18-11-7-14/h14,16-17H,3-13H2,1-2H3. The van der Waals surface area contributed by atoms with Gasteiger partial charge >= 0.3 is 0 Å². The normalized spacial score (nSPS) is 20.4. The van der Waals surface area contributed by atoms with E-state index < -0.39 is 0 Å². The summed E-state index contributed by atoms with van der Waals surface area (Å²) in [6.45, 7) is 7.42. The highest BCUT2D eigenvalue weighted by atomic mass is 32.2. The zero-order valence-corrected chi connectivity index (χ0v) is 13.4. The van der Waals surface area contributed by atoms with Crippen LogP contribution in [0.3, 0.4) is 0 Å². The number of ether oxygens (including phenoxy) is 1. The minimum atomic E-state index is -0.0840. The van der Waals surface area contributed by atoms with E-state index in [0.717, 1.165) is 37.9 Å². The van der Waals surface area contributed by atoms with Crippen molar-refractivity contribution < 1.29 is 9.84 Å². The molecule has 3 nitrogen and oxygen atoms in total. The summed E-state index contributed by atoms with van der Waals surface area (Å²) < 4.78 is 5.37. The van der Waals surface area contributed by atoms with Crippen LogP contribution in [0.1, 0.15) is 52.4 Å². The summed E-state index contributed by atoms with van der Waals surface area (Å²) in [5, 5.41) is 13.8. The van der Waals surface area contributed by atoms with Gasteiger partial charge in [0.1, 0.15) is 0 Å². The number of rotatable bonds is 10. The molecule has 0 radical (unpaired) electrons. The molecule has 0 saturated carbocycles. The lowest BCUT2D eigenvalue weighted by molar-refractivity contribution is 0.1000. The maximum Gasteiger partial charge on any atom is 0.0610 e. The topological polar surface area (TPSA) is 41.5 Å². The van der Waals surface area contributed by atoms with Crippen molar-refractivity contribution in [3.63, 3.8) is 0 Å². The van der Waals surface area contributed by atoms with Crippen molar-refractivity contribution >= 4 is 11.8 Å². The number of nitrogens with one attached hydrogen (secondary N) is 1. The van der Waals surface area contributed by atoms with Gasteiger partial charge in [-0.15, -0.1) is 0 Å². The smallest absolute Gasteiger partial charge is 0.0610 e. The molecule has 0 spiro atoms. The molecule has 1 aliphatic rings. The number of unbranched alkanes of at least 4 members (excludes halogenated alkanes) is 1. The van der Waals surface area contributed by atoms with Gasteiger partial charge in [-0.2, -0.15) is 11.8 Å². The van der Waals surface area contributed by atoms with E-state index in [0.29, 0.717) is 0 Å². The fourth-order valence-corrected chi connectivity index (χ4v) is 3.59. The molecule has 1 rings (SSSR count). The molecule has 0 aromatic heterocycles. The van der Waals surface area contributed by atoms with Gasteiger partial charge in [0.2, 0.25) is 0 Å². The summed E-state index contributed by atoms with van der Waals surface area (Å²) in [7, 11) is 0. The van der Waals surface area contributed by atoms with Crippen LogP contribution in [0.2, 0.25) is 0 Å². The van der Waals surface area contributed by atoms with E-state index in [-0.39, 0.29) is 12.1 Å². The van der Waals surface area contributed by atoms with Crippen molar-refractivity contribution in [2.75, 3.05) is 32.1 Å². The average molecular weight is 289 g/mol. The molecule has 0 aromatic rings. The molecule has 1 aliphatic heterocycles. The van der Waals surface area contributed by atoms with Gasteiger partial charge in [0.25, 0.3) is 0 Å². The molecule has 0 amide bonds. The van der Waals surface area contributed by atoms with Crippen molar-refractivity contribution in [1.29, 1.82) is 0 Å². The Balaban J connectivity index is 2.04. The first-order chi connectivity index (χ1) is 9.20. The Hall–Kier alpha value is 0.230. The minimum Gasteiger partial charge on any atom is -0.394 e. The van der Waals surface area contributed by atoms with E-state index in [2.05, 4.69) is 30.9 Å². The third-order valence-corrected chi connectivity index (χ3v) is 5.26. The van der Waals surface area contributed by atoms with Gasteiger partial charge in [-0.05, 0) is 51.3 Å². The maximum absolute atomic E-state index is 9.49. The second kappa shape index (κ2) is 10.0. The Morgan fingerprint density at radius 2 is 2.05 bits per heavy atom. The number of hydrogen-bond donors (Lipinski definition) is 2. The molecular weight excluding hydrogens is 258 g/mol. The van der Waals surface area contributed by atoms with Gasteiger partial charge in [-0.25, -0.2) is 0 Å². The van der Waals surface area contributed by atoms with Gasteiger partial charge in [0, 0.05) is 24.0 Å². The molecule has 1 fully saturated rings. The molecule has 1 unspecified atom stereocenters. The fourth-order valence-electron chi connectivity index (χ4n) is 2.36. The van der Waals surface area contributed by atoms with Crippen LogP contribution < -0.4 is 5.32 Å². The van der Waals surface area contributed by atoms with E-state index in [1.807, 2.05) is 0 Å². The molecule has 1 saturated heterocycles. The molecule has 114 valence electrons. The predicted molar refractivity (Wildman–Crippen MR) is 83.9 cm³/mol. The van der Waals surface area contributed by atoms with Gasteiger partial charge in [0.05, 0.1) is 6.61 Å². The second-order valence-electron chi connectivity index (χ2n) is 5.79. The Kier molecular flexibility index (Phi) is 9.12. The minimum absolute atomic E-state index is 0.0840. The van der Waals surface area contributed by atoms with Crippen molar-refractivity contribution in [1.82, 2.24) is 5.32 Å². The van der Waals surface area contributed by atoms with Gasteiger partial charge in [0.15, 0.2) is 0 Å². The summed E-state index contributed by atoms with van der Waals surface area (Å²) in [5.74, 6) is 1.25. The summed E-state index contributed by atoms with van der Waals surface area (Å²) in [5.41, 5.74) is -0.0840. The van der Waals surface area contributed by atoms with E-state index in [1.165, 1.54) is 31.4 Å². The number of thioether (sulfide) groups is 1. The van der Waals surface area contributed by atoms with Crippen LogP contribution in [0, 0.1) is 0 Å². The van der Waals surface area contributed by atoms with E-state index in [9.17, 15) is 5.11 Å². The fraction of sp³-hybridized carbons (Fsp3) is 1.00. The van der Waals surface area contributed by atoms with Crippen LogP contribution in [-0.2, 0) is 4.74 Å². The van der Waals surface area contributed by atoms with Crippen molar-refractivity contribution in [2.45, 2.75) is 63.2 Å². The quantitative estimate of drug-likeness (QED) is 0.607. The Bertz CT molecular complexity index is 222. The zero-order valence-electron chi connectivity index (χ0n) is 12.6. The molecule has 1 heterocycles. The van der Waals surface area contributed by atoms with Crippen molar-refractivity contribution in [3.05, 3.63) is 0 Å². The van der Waals surface area contributed by atoms with Gasteiger partial charge < -0.3 is 15.2 Å². The molecule has 0 bridgehead atoms. The Labute approximate surface area is 122 Å². The largest absolute Gasteiger partial charge is 0.394 e. The van der Waals surface area contributed by atoms with Crippen molar-refractivity contribution in [2.24, 2.45) is 0 Å². The van der Waals surface area contributed by atoms with E-state index in [4.69, 9.17) is 4.74 Å². The lowest BCUT2D eigenvalue weighted by Gasteiger charge is -2.29. The molecule has 0 aliphatic carbocycles. The number of aliphatic hydroxyl groups is 1.